The molecule has 0 saturated heterocycles. The monoisotopic (exact) mass is 377 g/mol. The first-order chi connectivity index (χ1) is 11.7. The van der Waals surface area contributed by atoms with Crippen LogP contribution >= 0.6 is 34.5 Å². The van der Waals surface area contributed by atoms with Crippen molar-refractivity contribution in [3.05, 3.63) is 61.9 Å². The number of nitrogens with zero attached hydrogens (tertiary/aromatic N) is 2. The van der Waals surface area contributed by atoms with Crippen molar-refractivity contribution in [2.24, 2.45) is 0 Å². The fourth-order valence-corrected chi connectivity index (χ4v) is 4.21. The quantitative estimate of drug-likeness (QED) is 0.645. The maximum atomic E-state index is 6.44. The molecule has 6 heteroatoms. The molecule has 0 bridgehead atoms. The molecule has 0 atom stereocenters. The summed E-state index contributed by atoms with van der Waals surface area (Å²) in [6.07, 6.45) is 4.23. The summed E-state index contributed by atoms with van der Waals surface area (Å²) < 4.78 is 1.93. The summed E-state index contributed by atoms with van der Waals surface area (Å²) >= 11 is 14.4. The molecule has 0 fully saturated rings. The summed E-state index contributed by atoms with van der Waals surface area (Å²) in [7, 11) is 0. The Morgan fingerprint density at radius 3 is 2.92 bits per heavy atom. The minimum Gasteiger partial charge on any atom is -0.370 e. The third-order valence-corrected chi connectivity index (χ3v) is 5.98. The molecular formula is C18H17Cl2N3S. The smallest absolute Gasteiger partial charge is 0.133 e. The fraction of sp³-hybridized carbons (Fsp3) is 0.278. The summed E-state index contributed by atoms with van der Waals surface area (Å²) in [5.74, 6) is 1.06. The van der Waals surface area contributed by atoms with Crippen molar-refractivity contribution in [1.29, 1.82) is 0 Å². The summed E-state index contributed by atoms with van der Waals surface area (Å²) in [4.78, 5) is 1.32. The van der Waals surface area contributed by atoms with Crippen LogP contribution in [0.3, 0.4) is 0 Å². The third-order valence-electron chi connectivity index (χ3n) is 4.29. The molecule has 3 nitrogen and oxygen atoms in total. The van der Waals surface area contributed by atoms with Gasteiger partial charge >= 0.3 is 0 Å². The number of hydrogen-bond donors (Lipinski definition) is 1. The molecule has 0 saturated carbocycles. The van der Waals surface area contributed by atoms with E-state index in [9.17, 15) is 0 Å². The van der Waals surface area contributed by atoms with Gasteiger partial charge in [0.25, 0.3) is 0 Å². The summed E-state index contributed by atoms with van der Waals surface area (Å²) in [5, 5.41) is 11.6. The minimum atomic E-state index is 0.540. The van der Waals surface area contributed by atoms with E-state index in [0.717, 1.165) is 43.0 Å². The summed E-state index contributed by atoms with van der Waals surface area (Å²) in [6.45, 7) is 0.954. The van der Waals surface area contributed by atoms with Crippen LogP contribution in [0.5, 0.6) is 0 Å². The van der Waals surface area contributed by atoms with Gasteiger partial charge in [-0.05, 0) is 42.8 Å². The number of benzene rings is 1. The van der Waals surface area contributed by atoms with Gasteiger partial charge in [0.05, 0.1) is 21.4 Å². The fourth-order valence-electron chi connectivity index (χ4n) is 3.12. The van der Waals surface area contributed by atoms with Gasteiger partial charge in [-0.3, -0.25) is 0 Å². The highest BCUT2D eigenvalue weighted by Crippen LogP contribution is 2.34. The number of thiophene rings is 1. The van der Waals surface area contributed by atoms with E-state index in [2.05, 4.69) is 22.8 Å². The van der Waals surface area contributed by atoms with Gasteiger partial charge in [0.15, 0.2) is 0 Å². The van der Waals surface area contributed by atoms with E-state index in [1.165, 1.54) is 16.9 Å². The molecule has 0 amide bonds. The lowest BCUT2D eigenvalue weighted by Gasteiger charge is -2.11. The Labute approximate surface area is 155 Å². The Hall–Kier alpha value is -1.49. The maximum Gasteiger partial charge on any atom is 0.133 e. The molecule has 124 valence electrons. The lowest BCUT2D eigenvalue weighted by Crippen LogP contribution is -2.07. The lowest BCUT2D eigenvalue weighted by atomic mass is 10.1. The molecule has 3 aromatic rings. The first kappa shape index (κ1) is 16.0. The van der Waals surface area contributed by atoms with Crippen LogP contribution in [0.25, 0.3) is 5.69 Å². The number of nitrogens with one attached hydrogen (secondary N) is 1. The van der Waals surface area contributed by atoms with E-state index in [-0.39, 0.29) is 0 Å². The van der Waals surface area contributed by atoms with E-state index in [1.807, 2.05) is 16.8 Å². The van der Waals surface area contributed by atoms with Crippen LogP contribution in [0.2, 0.25) is 10.0 Å². The molecule has 0 radical (unpaired) electrons. The maximum absolute atomic E-state index is 6.44. The van der Waals surface area contributed by atoms with Crippen LogP contribution in [0.15, 0.2) is 35.7 Å². The Balaban J connectivity index is 1.84. The van der Waals surface area contributed by atoms with Gasteiger partial charge in [0.2, 0.25) is 0 Å². The molecule has 24 heavy (non-hydrogen) atoms. The van der Waals surface area contributed by atoms with Gasteiger partial charge in [-0.1, -0.05) is 35.3 Å². The second-order valence-electron chi connectivity index (χ2n) is 5.90. The van der Waals surface area contributed by atoms with Crippen molar-refractivity contribution in [2.75, 3.05) is 11.9 Å². The number of rotatable bonds is 3. The van der Waals surface area contributed by atoms with Crippen LogP contribution in [0.1, 0.15) is 29.0 Å². The Bertz CT molecular complexity index is 856. The van der Waals surface area contributed by atoms with Crippen molar-refractivity contribution in [3.63, 3.8) is 0 Å². The van der Waals surface area contributed by atoms with Gasteiger partial charge in [-0.25, -0.2) is 4.68 Å². The number of hydrogen-bond acceptors (Lipinski definition) is 3. The van der Waals surface area contributed by atoms with Crippen LogP contribution in [-0.4, -0.2) is 16.3 Å². The van der Waals surface area contributed by atoms with E-state index >= 15 is 0 Å². The number of halogens is 2. The van der Waals surface area contributed by atoms with Crippen molar-refractivity contribution in [1.82, 2.24) is 9.78 Å². The molecule has 1 aliphatic rings. The SMILES string of the molecule is Clc1cccc(-n2nc(Cc3cccs3)c3c2NCCCC3)c1Cl. The Morgan fingerprint density at radius 1 is 1.17 bits per heavy atom. The summed E-state index contributed by atoms with van der Waals surface area (Å²) in [6, 6.07) is 9.92. The largest absolute Gasteiger partial charge is 0.370 e. The van der Waals surface area contributed by atoms with Gasteiger partial charge in [-0.2, -0.15) is 5.10 Å². The van der Waals surface area contributed by atoms with Crippen molar-refractivity contribution >= 4 is 40.4 Å². The normalized spacial score (nSPS) is 14.1. The average Bonchev–Trinajstić information content (AvgIpc) is 3.12. The molecule has 1 aliphatic heterocycles. The average molecular weight is 378 g/mol. The van der Waals surface area contributed by atoms with E-state index < -0.39 is 0 Å². The van der Waals surface area contributed by atoms with Gasteiger partial charge < -0.3 is 5.32 Å². The third kappa shape index (κ3) is 2.94. The lowest BCUT2D eigenvalue weighted by molar-refractivity contribution is 0.768. The predicted octanol–water partition coefficient (Wildman–Crippen LogP) is 5.58. The van der Waals surface area contributed by atoms with Gasteiger partial charge in [0, 0.05) is 23.4 Å². The van der Waals surface area contributed by atoms with E-state index in [1.54, 1.807) is 17.4 Å². The molecule has 1 aromatic carbocycles. The second kappa shape index (κ2) is 6.79. The predicted molar refractivity (Wildman–Crippen MR) is 102 cm³/mol. The van der Waals surface area contributed by atoms with Crippen LogP contribution < -0.4 is 5.32 Å². The first-order valence-corrected chi connectivity index (χ1v) is 9.69. The zero-order chi connectivity index (χ0) is 16.5. The molecule has 0 aliphatic carbocycles. The molecule has 0 unspecified atom stereocenters. The molecule has 3 heterocycles. The van der Waals surface area contributed by atoms with Crippen molar-refractivity contribution in [2.45, 2.75) is 25.7 Å². The number of anilines is 1. The van der Waals surface area contributed by atoms with Gasteiger partial charge in [-0.15, -0.1) is 11.3 Å². The summed E-state index contributed by atoms with van der Waals surface area (Å²) in [5.41, 5.74) is 3.25. The van der Waals surface area contributed by atoms with Crippen LogP contribution in [-0.2, 0) is 12.8 Å². The minimum absolute atomic E-state index is 0.540. The van der Waals surface area contributed by atoms with Crippen LogP contribution in [0, 0.1) is 0 Å². The number of fused-ring (bicyclic) bond motifs is 1. The zero-order valence-electron chi connectivity index (χ0n) is 13.1. The highest BCUT2D eigenvalue weighted by atomic mass is 35.5. The van der Waals surface area contributed by atoms with Crippen molar-refractivity contribution in [3.8, 4) is 5.69 Å². The van der Waals surface area contributed by atoms with Crippen LogP contribution in [0.4, 0.5) is 5.82 Å². The zero-order valence-corrected chi connectivity index (χ0v) is 15.4. The second-order valence-corrected chi connectivity index (χ2v) is 7.72. The van der Waals surface area contributed by atoms with E-state index in [0.29, 0.717) is 10.0 Å². The standard InChI is InChI=1S/C18H17Cl2N3S/c19-14-7-3-8-16(17(14)20)23-18-13(6-1-2-9-21-18)15(22-23)11-12-5-4-10-24-12/h3-5,7-8,10,21H,1-2,6,9,11H2. The highest BCUT2D eigenvalue weighted by Gasteiger charge is 2.22. The van der Waals surface area contributed by atoms with Gasteiger partial charge in [0.1, 0.15) is 5.82 Å². The first-order valence-electron chi connectivity index (χ1n) is 8.05. The van der Waals surface area contributed by atoms with E-state index in [4.69, 9.17) is 28.3 Å². The molecule has 0 spiro atoms. The topological polar surface area (TPSA) is 29.9 Å². The Kier molecular flexibility index (Phi) is 4.53. The van der Waals surface area contributed by atoms with Crippen molar-refractivity contribution < 1.29 is 0 Å². The number of aromatic nitrogens is 2. The molecular weight excluding hydrogens is 361 g/mol. The molecule has 1 N–H and O–H groups in total. The molecule has 4 rings (SSSR count). The Morgan fingerprint density at radius 2 is 2.08 bits per heavy atom. The molecule has 2 aromatic heterocycles. The highest BCUT2D eigenvalue weighted by molar-refractivity contribution is 7.09.